The highest BCUT2D eigenvalue weighted by atomic mass is 16.4. The molecule has 100 valence electrons. The summed E-state index contributed by atoms with van der Waals surface area (Å²) in [4.78, 5) is 24.5. The molecule has 7 heteroatoms. The lowest BCUT2D eigenvalue weighted by Crippen LogP contribution is -2.46. The topological polar surface area (TPSA) is 95.4 Å². The Kier molecular flexibility index (Phi) is 2.81. The molecule has 0 aliphatic carbocycles. The predicted molar refractivity (Wildman–Crippen MR) is 65.9 cm³/mol. The number of carbonyl (C=O) groups is 2. The second-order valence-corrected chi connectivity index (χ2v) is 4.84. The molecule has 2 aliphatic rings. The fraction of sp³-hybridized carbons (Fsp3) is 0.500. The molecule has 0 aromatic carbocycles. The Morgan fingerprint density at radius 1 is 1.42 bits per heavy atom. The lowest BCUT2D eigenvalue weighted by atomic mass is 9.91. The second kappa shape index (κ2) is 4.49. The summed E-state index contributed by atoms with van der Waals surface area (Å²) in [6.07, 6.45) is 1.82. The van der Waals surface area contributed by atoms with Crippen LogP contribution in [0.5, 0.6) is 0 Å². The van der Waals surface area contributed by atoms with Gasteiger partial charge in [0.1, 0.15) is 0 Å². The van der Waals surface area contributed by atoms with Crippen LogP contribution in [0.15, 0.2) is 12.1 Å². The number of anilines is 1. The highest BCUT2D eigenvalue weighted by Gasteiger charge is 2.41. The average molecular weight is 262 g/mol. The monoisotopic (exact) mass is 262 g/mol. The molecule has 1 aromatic rings. The van der Waals surface area contributed by atoms with Gasteiger partial charge in [-0.15, -0.1) is 10.2 Å². The molecule has 2 unspecified atom stereocenters. The van der Waals surface area contributed by atoms with Gasteiger partial charge in [0, 0.05) is 13.1 Å². The summed E-state index contributed by atoms with van der Waals surface area (Å²) in [6, 6.07) is 3.20. The molecular weight excluding hydrogens is 248 g/mol. The van der Waals surface area contributed by atoms with Gasteiger partial charge >= 0.3 is 5.97 Å². The molecule has 0 saturated carbocycles. The lowest BCUT2D eigenvalue weighted by molar-refractivity contribution is -0.123. The van der Waals surface area contributed by atoms with Crippen molar-refractivity contribution in [2.24, 2.45) is 5.92 Å². The number of aromatic carboxylic acids is 1. The van der Waals surface area contributed by atoms with Gasteiger partial charge in [-0.2, -0.15) is 0 Å². The first-order chi connectivity index (χ1) is 9.16. The van der Waals surface area contributed by atoms with Crippen LogP contribution in [0.4, 0.5) is 5.82 Å². The fourth-order valence-corrected chi connectivity index (χ4v) is 2.83. The van der Waals surface area contributed by atoms with Gasteiger partial charge in [0.2, 0.25) is 5.91 Å². The average Bonchev–Trinajstić information content (AvgIpc) is 2.81. The zero-order valence-electron chi connectivity index (χ0n) is 10.2. The third kappa shape index (κ3) is 2.00. The number of carboxylic acids is 1. The number of carbonyl (C=O) groups excluding carboxylic acids is 1. The third-order valence-electron chi connectivity index (χ3n) is 3.76. The number of nitrogens with zero attached hydrogens (tertiary/aromatic N) is 3. The van der Waals surface area contributed by atoms with Crippen LogP contribution in [-0.4, -0.2) is 46.3 Å². The highest BCUT2D eigenvalue weighted by molar-refractivity contribution is 5.85. The number of aromatic nitrogens is 2. The molecule has 2 atom stereocenters. The van der Waals surface area contributed by atoms with Crippen molar-refractivity contribution in [2.75, 3.05) is 18.0 Å². The smallest absolute Gasteiger partial charge is 0.356 e. The minimum atomic E-state index is -1.09. The molecule has 1 aromatic heterocycles. The Morgan fingerprint density at radius 2 is 2.26 bits per heavy atom. The third-order valence-corrected chi connectivity index (χ3v) is 3.76. The zero-order valence-corrected chi connectivity index (χ0v) is 10.2. The van der Waals surface area contributed by atoms with Gasteiger partial charge in [-0.3, -0.25) is 4.79 Å². The van der Waals surface area contributed by atoms with Crippen molar-refractivity contribution in [2.45, 2.75) is 18.9 Å². The second-order valence-electron chi connectivity index (χ2n) is 4.84. The summed E-state index contributed by atoms with van der Waals surface area (Å²) in [5.41, 5.74) is -0.0714. The van der Waals surface area contributed by atoms with Crippen molar-refractivity contribution >= 4 is 17.7 Å². The van der Waals surface area contributed by atoms with E-state index in [4.69, 9.17) is 5.11 Å². The van der Waals surface area contributed by atoms with E-state index in [0.717, 1.165) is 19.4 Å². The number of nitrogens with one attached hydrogen (secondary N) is 1. The van der Waals surface area contributed by atoms with Gasteiger partial charge in [0.15, 0.2) is 11.5 Å². The maximum Gasteiger partial charge on any atom is 0.356 e. The van der Waals surface area contributed by atoms with Crippen molar-refractivity contribution < 1.29 is 14.7 Å². The van der Waals surface area contributed by atoms with Gasteiger partial charge < -0.3 is 15.3 Å². The van der Waals surface area contributed by atoms with Crippen LogP contribution >= 0.6 is 0 Å². The number of hydrogen-bond acceptors (Lipinski definition) is 5. The fourth-order valence-electron chi connectivity index (χ4n) is 2.83. The number of piperidine rings is 1. The molecule has 0 bridgehead atoms. The van der Waals surface area contributed by atoms with Crippen molar-refractivity contribution in [1.29, 1.82) is 0 Å². The Morgan fingerprint density at radius 3 is 2.95 bits per heavy atom. The van der Waals surface area contributed by atoms with Crippen LogP contribution < -0.4 is 10.2 Å². The van der Waals surface area contributed by atoms with E-state index in [1.165, 1.54) is 6.07 Å². The standard InChI is InChI=1S/C12H14N4O3/c17-11-7-2-1-5-16(9(7)6-13-11)10-4-3-8(12(18)19)14-15-10/h3-4,7,9H,1-2,5-6H2,(H,13,17)(H,18,19). The Labute approximate surface area is 109 Å². The SMILES string of the molecule is O=C(O)c1ccc(N2CCCC3C(=O)NCC32)nn1. The predicted octanol–water partition coefficient (Wildman–Crippen LogP) is -0.110. The number of amides is 1. The first kappa shape index (κ1) is 11.9. The largest absolute Gasteiger partial charge is 0.476 e. The summed E-state index contributed by atoms with van der Waals surface area (Å²) in [7, 11) is 0. The molecule has 2 saturated heterocycles. The molecule has 2 fully saturated rings. The Balaban J connectivity index is 1.85. The van der Waals surface area contributed by atoms with Crippen molar-refractivity contribution in [3.8, 4) is 0 Å². The number of fused-ring (bicyclic) bond motifs is 1. The van der Waals surface area contributed by atoms with E-state index in [1.54, 1.807) is 6.07 Å². The van der Waals surface area contributed by atoms with Gasteiger partial charge in [-0.1, -0.05) is 0 Å². The van der Waals surface area contributed by atoms with E-state index in [0.29, 0.717) is 12.4 Å². The van der Waals surface area contributed by atoms with Crippen LogP contribution in [0.3, 0.4) is 0 Å². The van der Waals surface area contributed by atoms with Crippen molar-refractivity contribution in [3.05, 3.63) is 17.8 Å². The van der Waals surface area contributed by atoms with E-state index in [9.17, 15) is 9.59 Å². The van der Waals surface area contributed by atoms with Gasteiger partial charge in [-0.25, -0.2) is 4.79 Å². The molecular formula is C12H14N4O3. The first-order valence-corrected chi connectivity index (χ1v) is 6.28. The van der Waals surface area contributed by atoms with Crippen LogP contribution in [0.1, 0.15) is 23.3 Å². The molecule has 2 N–H and O–H groups in total. The number of carboxylic acid groups (broad SMARTS) is 1. The summed E-state index contributed by atoms with van der Waals surface area (Å²) < 4.78 is 0. The summed E-state index contributed by atoms with van der Waals surface area (Å²) >= 11 is 0. The minimum absolute atomic E-state index is 0.00898. The highest BCUT2D eigenvalue weighted by Crippen LogP contribution is 2.30. The van der Waals surface area contributed by atoms with Crippen molar-refractivity contribution in [3.63, 3.8) is 0 Å². The number of rotatable bonds is 2. The Bertz CT molecular complexity index is 516. The molecule has 7 nitrogen and oxygen atoms in total. The zero-order chi connectivity index (χ0) is 13.4. The van der Waals surface area contributed by atoms with Crippen LogP contribution in [-0.2, 0) is 4.79 Å². The van der Waals surface area contributed by atoms with E-state index in [1.807, 2.05) is 4.90 Å². The van der Waals surface area contributed by atoms with Gasteiger partial charge in [-0.05, 0) is 25.0 Å². The van der Waals surface area contributed by atoms with E-state index in [2.05, 4.69) is 15.5 Å². The maximum atomic E-state index is 11.7. The molecule has 0 spiro atoms. The maximum absolute atomic E-state index is 11.7. The normalized spacial score (nSPS) is 25.9. The lowest BCUT2D eigenvalue weighted by Gasteiger charge is -2.36. The van der Waals surface area contributed by atoms with Crippen LogP contribution in [0.25, 0.3) is 0 Å². The molecule has 3 heterocycles. The van der Waals surface area contributed by atoms with Gasteiger partial charge in [0.05, 0.1) is 12.0 Å². The van der Waals surface area contributed by atoms with E-state index >= 15 is 0 Å². The van der Waals surface area contributed by atoms with E-state index in [-0.39, 0.29) is 23.6 Å². The van der Waals surface area contributed by atoms with E-state index < -0.39 is 5.97 Å². The number of hydrogen-bond donors (Lipinski definition) is 2. The first-order valence-electron chi connectivity index (χ1n) is 6.28. The molecule has 2 aliphatic heterocycles. The van der Waals surface area contributed by atoms with Gasteiger partial charge in [0.25, 0.3) is 0 Å². The summed E-state index contributed by atoms with van der Waals surface area (Å²) in [6.45, 7) is 1.43. The summed E-state index contributed by atoms with van der Waals surface area (Å²) in [5, 5.41) is 19.3. The molecule has 1 amide bonds. The van der Waals surface area contributed by atoms with Crippen LogP contribution in [0.2, 0.25) is 0 Å². The molecule has 0 radical (unpaired) electrons. The minimum Gasteiger partial charge on any atom is -0.476 e. The molecule has 19 heavy (non-hydrogen) atoms. The van der Waals surface area contributed by atoms with Crippen LogP contribution in [0, 0.1) is 5.92 Å². The Hall–Kier alpha value is -2.18. The quantitative estimate of drug-likeness (QED) is 0.772. The van der Waals surface area contributed by atoms with Crippen molar-refractivity contribution in [1.82, 2.24) is 15.5 Å². The molecule has 3 rings (SSSR count). The summed E-state index contributed by atoms with van der Waals surface area (Å²) in [5.74, 6) is -0.344.